The van der Waals surface area contributed by atoms with Crippen molar-refractivity contribution in [1.29, 1.82) is 0 Å². The molecule has 1 atom stereocenters. The summed E-state index contributed by atoms with van der Waals surface area (Å²) in [5.41, 5.74) is 0. The lowest BCUT2D eigenvalue weighted by Gasteiger charge is -1.96. The molecule has 4 nitrogen and oxygen atoms in total. The number of hydrogen-bond acceptors (Lipinski definition) is 3. The van der Waals surface area contributed by atoms with E-state index in [4.69, 9.17) is 9.66 Å². The Morgan fingerprint density at radius 1 is 1.56 bits per heavy atom. The maximum atomic E-state index is 9.89. The first kappa shape index (κ1) is 9.03. The summed E-state index contributed by atoms with van der Waals surface area (Å²) in [4.78, 5) is 0. The lowest BCUT2D eigenvalue weighted by Crippen LogP contribution is -2.03. The van der Waals surface area contributed by atoms with Crippen molar-refractivity contribution in [2.75, 3.05) is 19.2 Å². The van der Waals surface area contributed by atoms with Crippen molar-refractivity contribution in [3.63, 3.8) is 0 Å². The zero-order valence-corrected chi connectivity index (χ0v) is 5.76. The first-order valence-electron chi connectivity index (χ1n) is 2.53. The molecule has 0 aliphatic heterocycles. The molecule has 0 saturated carbocycles. The number of aliphatic hydroxyl groups is 1. The second kappa shape index (κ2) is 6.15. The second-order valence-electron chi connectivity index (χ2n) is 1.42. The van der Waals surface area contributed by atoms with E-state index in [1.807, 2.05) is 0 Å². The smallest absolute Gasteiger partial charge is 0.179 e. The minimum absolute atomic E-state index is 0.0536. The van der Waals surface area contributed by atoms with Crippen molar-refractivity contribution in [1.82, 2.24) is 0 Å². The average Bonchev–Trinajstić information content (AvgIpc) is 1.80. The van der Waals surface area contributed by atoms with Gasteiger partial charge in [-0.05, 0) is 6.42 Å². The third-order valence-electron chi connectivity index (χ3n) is 0.631. The van der Waals surface area contributed by atoms with E-state index in [0.717, 1.165) is 0 Å². The summed E-state index contributed by atoms with van der Waals surface area (Å²) < 4.78 is 22.6. The normalized spacial score (nSPS) is 13.6. The van der Waals surface area contributed by atoms with Crippen LogP contribution in [0.15, 0.2) is 0 Å². The predicted octanol–water partition coefficient (Wildman–Crippen LogP) is -0.435. The van der Waals surface area contributed by atoms with Crippen LogP contribution in [0.1, 0.15) is 6.42 Å². The maximum Gasteiger partial charge on any atom is 0.179 e. The van der Waals surface area contributed by atoms with Crippen LogP contribution < -0.4 is 0 Å². The Hall–Kier alpha value is 0.0300. The van der Waals surface area contributed by atoms with Gasteiger partial charge in [-0.1, -0.05) is 0 Å². The molecule has 0 bridgehead atoms. The van der Waals surface area contributed by atoms with Gasteiger partial charge >= 0.3 is 0 Å². The molecule has 2 N–H and O–H groups in total. The fourth-order valence-corrected chi connectivity index (χ4v) is 0.557. The summed E-state index contributed by atoms with van der Waals surface area (Å²) in [5, 5.41) is 8.21. The highest BCUT2D eigenvalue weighted by Gasteiger charge is 1.90. The molecule has 9 heavy (non-hydrogen) atoms. The molecule has 0 aromatic rings. The predicted molar refractivity (Wildman–Crippen MR) is 33.3 cm³/mol. The molecule has 56 valence electrons. The van der Waals surface area contributed by atoms with E-state index in [1.54, 1.807) is 0 Å². The lowest BCUT2D eigenvalue weighted by atomic mass is 10.5. The van der Waals surface area contributed by atoms with Gasteiger partial charge in [-0.3, -0.25) is 0 Å². The molecule has 5 heteroatoms. The molecule has 0 aliphatic carbocycles. The Bertz CT molecular complexity index is 84.6. The topological polar surface area (TPSA) is 66.8 Å². The molecule has 0 spiro atoms. The van der Waals surface area contributed by atoms with Crippen molar-refractivity contribution in [3.8, 4) is 0 Å². The summed E-state index contributed by atoms with van der Waals surface area (Å²) in [5.74, 6) is -0.167. The van der Waals surface area contributed by atoms with Gasteiger partial charge in [-0.15, -0.1) is 0 Å². The van der Waals surface area contributed by atoms with E-state index in [9.17, 15) is 4.21 Å². The Labute approximate surface area is 56.1 Å². The van der Waals surface area contributed by atoms with Crippen molar-refractivity contribution in [2.24, 2.45) is 0 Å². The monoisotopic (exact) mass is 154 g/mol. The van der Waals surface area contributed by atoms with E-state index in [1.165, 1.54) is 0 Å². The Morgan fingerprint density at radius 3 is 2.67 bits per heavy atom. The summed E-state index contributed by atoms with van der Waals surface area (Å²) >= 11 is -1.87. The summed E-state index contributed by atoms with van der Waals surface area (Å²) in [6, 6.07) is 0. The summed E-state index contributed by atoms with van der Waals surface area (Å²) in [7, 11) is 0. The Kier molecular flexibility index (Phi) is 6.18. The van der Waals surface area contributed by atoms with E-state index in [2.05, 4.69) is 4.74 Å². The van der Waals surface area contributed by atoms with Gasteiger partial charge in [0.25, 0.3) is 0 Å². The zero-order chi connectivity index (χ0) is 7.11. The van der Waals surface area contributed by atoms with Gasteiger partial charge in [-0.25, -0.2) is 4.21 Å². The minimum Gasteiger partial charge on any atom is -0.396 e. The van der Waals surface area contributed by atoms with Crippen LogP contribution in [-0.2, 0) is 15.8 Å². The van der Waals surface area contributed by atoms with Crippen LogP contribution in [0.3, 0.4) is 0 Å². The molecule has 0 amide bonds. The van der Waals surface area contributed by atoms with Gasteiger partial charge in [0.15, 0.2) is 11.1 Å². The summed E-state index contributed by atoms with van der Waals surface area (Å²) in [6.45, 7) is 0.390. The Balaban J connectivity index is 2.83. The second-order valence-corrected chi connectivity index (χ2v) is 2.30. The number of ether oxygens (including phenoxy) is 1. The van der Waals surface area contributed by atoms with Crippen molar-refractivity contribution < 1.29 is 18.6 Å². The van der Waals surface area contributed by atoms with E-state index in [-0.39, 0.29) is 12.5 Å². The quantitative estimate of drug-likeness (QED) is 0.416. The average molecular weight is 154 g/mol. The minimum atomic E-state index is -1.87. The maximum absolute atomic E-state index is 9.89. The van der Waals surface area contributed by atoms with Gasteiger partial charge in [0.2, 0.25) is 0 Å². The summed E-state index contributed by atoms with van der Waals surface area (Å²) in [6.07, 6.45) is 0.511. The third kappa shape index (κ3) is 8.03. The van der Waals surface area contributed by atoms with Crippen LogP contribution in [0, 0.1) is 0 Å². The third-order valence-corrected chi connectivity index (χ3v) is 0.999. The Morgan fingerprint density at radius 2 is 2.22 bits per heavy atom. The van der Waals surface area contributed by atoms with Gasteiger partial charge in [0.1, 0.15) is 5.94 Å². The standard InChI is InChI=1S/C4H10O4S/c5-2-1-3-8-4-9(6)7/h5H,1-4H2,(H,6,7). The van der Waals surface area contributed by atoms with E-state index >= 15 is 0 Å². The van der Waals surface area contributed by atoms with Gasteiger partial charge < -0.3 is 14.4 Å². The molecule has 0 radical (unpaired) electrons. The fourth-order valence-electron chi connectivity index (χ4n) is 0.297. The van der Waals surface area contributed by atoms with Crippen LogP contribution in [-0.4, -0.2) is 33.0 Å². The van der Waals surface area contributed by atoms with Gasteiger partial charge in [0, 0.05) is 6.61 Å². The number of aliphatic hydroxyl groups excluding tert-OH is 1. The van der Waals surface area contributed by atoms with Crippen LogP contribution in [0.4, 0.5) is 0 Å². The highest BCUT2D eigenvalue weighted by atomic mass is 32.2. The van der Waals surface area contributed by atoms with Crippen LogP contribution in [0.25, 0.3) is 0 Å². The lowest BCUT2D eigenvalue weighted by molar-refractivity contribution is 0.149. The van der Waals surface area contributed by atoms with E-state index < -0.39 is 11.1 Å². The molecule has 1 unspecified atom stereocenters. The first-order valence-corrected chi connectivity index (χ1v) is 3.81. The van der Waals surface area contributed by atoms with Gasteiger partial charge in [-0.2, -0.15) is 0 Å². The molecular weight excluding hydrogens is 144 g/mol. The molecule has 0 aromatic carbocycles. The molecule has 0 aliphatic rings. The molecular formula is C4H10O4S. The van der Waals surface area contributed by atoms with Crippen molar-refractivity contribution in [2.45, 2.75) is 6.42 Å². The van der Waals surface area contributed by atoms with E-state index in [0.29, 0.717) is 13.0 Å². The highest BCUT2D eigenvalue weighted by molar-refractivity contribution is 7.79. The largest absolute Gasteiger partial charge is 0.396 e. The SMILES string of the molecule is O=S(O)COCCCO. The molecule has 0 heterocycles. The van der Waals surface area contributed by atoms with Crippen molar-refractivity contribution in [3.05, 3.63) is 0 Å². The number of hydrogen-bond donors (Lipinski definition) is 2. The van der Waals surface area contributed by atoms with Gasteiger partial charge in [0.05, 0.1) is 6.61 Å². The zero-order valence-electron chi connectivity index (χ0n) is 4.95. The molecule has 0 aromatic heterocycles. The first-order chi connectivity index (χ1) is 4.27. The molecule has 0 saturated heterocycles. The molecule has 0 rings (SSSR count). The fraction of sp³-hybridized carbons (Fsp3) is 1.00. The molecule has 0 fully saturated rings. The van der Waals surface area contributed by atoms with Crippen LogP contribution in [0.5, 0.6) is 0 Å². The number of rotatable bonds is 5. The van der Waals surface area contributed by atoms with Crippen LogP contribution >= 0.6 is 0 Å². The highest BCUT2D eigenvalue weighted by Crippen LogP contribution is 1.81. The van der Waals surface area contributed by atoms with Crippen molar-refractivity contribution >= 4 is 11.1 Å². The van der Waals surface area contributed by atoms with Crippen LogP contribution in [0.2, 0.25) is 0 Å².